The van der Waals surface area contributed by atoms with Crippen LogP contribution in [-0.4, -0.2) is 31.6 Å². The van der Waals surface area contributed by atoms with E-state index < -0.39 is 0 Å². The van der Waals surface area contributed by atoms with Crippen LogP contribution in [0.2, 0.25) is 0 Å². The Kier molecular flexibility index (Phi) is 3.38. The highest BCUT2D eigenvalue weighted by molar-refractivity contribution is 5.83. The summed E-state index contributed by atoms with van der Waals surface area (Å²) in [4.78, 5) is 13.3. The number of piperazine rings is 1. The number of para-hydroxylation sites is 1. The lowest BCUT2D eigenvalue weighted by atomic mass is 10.1. The fourth-order valence-electron chi connectivity index (χ4n) is 2.43. The Morgan fingerprint density at radius 1 is 1.42 bits per heavy atom. The summed E-state index contributed by atoms with van der Waals surface area (Å²) in [6.45, 7) is 2.12. The molecule has 2 N–H and O–H groups in total. The van der Waals surface area contributed by atoms with Crippen molar-refractivity contribution in [1.82, 2.24) is 10.6 Å². The largest absolute Gasteiger partial charge is 0.358 e. The van der Waals surface area contributed by atoms with Crippen molar-refractivity contribution in [2.24, 2.45) is 0 Å². The van der Waals surface area contributed by atoms with Gasteiger partial charge in [-0.1, -0.05) is 12.1 Å². The number of hydrogen-bond acceptors (Lipinski definition) is 3. The molecule has 0 aromatic heterocycles. The number of carbonyl (C=O) groups excluding carboxylic acids is 1. The van der Waals surface area contributed by atoms with Gasteiger partial charge in [-0.05, 0) is 24.5 Å². The predicted molar refractivity (Wildman–Crippen MR) is 71.5 cm³/mol. The van der Waals surface area contributed by atoms with E-state index in [2.05, 4.69) is 10.6 Å². The van der Waals surface area contributed by atoms with Gasteiger partial charge in [0.2, 0.25) is 5.91 Å². The van der Waals surface area contributed by atoms with Crippen molar-refractivity contribution in [3.05, 3.63) is 29.6 Å². The average molecular weight is 263 g/mol. The van der Waals surface area contributed by atoms with Crippen LogP contribution in [0.1, 0.15) is 18.4 Å². The van der Waals surface area contributed by atoms with Crippen LogP contribution in [0.3, 0.4) is 0 Å². The second-order valence-corrected chi connectivity index (χ2v) is 5.17. The monoisotopic (exact) mass is 263 g/mol. The van der Waals surface area contributed by atoms with Gasteiger partial charge in [-0.2, -0.15) is 0 Å². The van der Waals surface area contributed by atoms with Crippen LogP contribution in [0, 0.1) is 5.82 Å². The number of amides is 1. The number of nitrogens with one attached hydrogen (secondary N) is 2. The molecule has 0 radical (unpaired) electrons. The molecule has 2 aliphatic rings. The summed E-state index contributed by atoms with van der Waals surface area (Å²) in [5.74, 6) is -0.291. The third kappa shape index (κ3) is 2.87. The van der Waals surface area contributed by atoms with Crippen molar-refractivity contribution >= 4 is 11.6 Å². The topological polar surface area (TPSA) is 44.4 Å². The molecule has 1 amide bonds. The minimum absolute atomic E-state index is 0.0457. The molecule has 1 aliphatic carbocycles. The van der Waals surface area contributed by atoms with Crippen molar-refractivity contribution < 1.29 is 9.18 Å². The molecule has 5 heteroatoms. The van der Waals surface area contributed by atoms with Crippen molar-refractivity contribution in [1.29, 1.82) is 0 Å². The Balaban J connectivity index is 1.82. The summed E-state index contributed by atoms with van der Waals surface area (Å²) in [6, 6.07) is 5.70. The summed E-state index contributed by atoms with van der Waals surface area (Å²) < 4.78 is 14.1. The molecule has 0 atom stereocenters. The van der Waals surface area contributed by atoms with E-state index >= 15 is 0 Å². The van der Waals surface area contributed by atoms with E-state index in [9.17, 15) is 9.18 Å². The summed E-state index contributed by atoms with van der Waals surface area (Å²) in [5.41, 5.74) is 1.51. The molecule has 1 aromatic carbocycles. The van der Waals surface area contributed by atoms with Gasteiger partial charge < -0.3 is 15.5 Å². The standard InChI is InChI=1S/C14H18FN3O/c15-12-3-1-2-10(8-17-11-4-5-11)14(12)18-7-6-16-13(19)9-18/h1-3,11,17H,4-9H2,(H,16,19). The van der Waals surface area contributed by atoms with E-state index in [1.807, 2.05) is 11.0 Å². The number of hydrogen-bond donors (Lipinski definition) is 2. The first kappa shape index (κ1) is 12.4. The van der Waals surface area contributed by atoms with Gasteiger partial charge in [-0.3, -0.25) is 4.79 Å². The highest BCUT2D eigenvalue weighted by Gasteiger charge is 2.24. The van der Waals surface area contributed by atoms with E-state index in [4.69, 9.17) is 0 Å². The first-order valence-corrected chi connectivity index (χ1v) is 6.76. The summed E-state index contributed by atoms with van der Waals surface area (Å²) in [5, 5.41) is 6.16. The van der Waals surface area contributed by atoms with E-state index in [1.165, 1.54) is 18.9 Å². The molecule has 0 bridgehead atoms. The number of anilines is 1. The van der Waals surface area contributed by atoms with Gasteiger partial charge >= 0.3 is 0 Å². The van der Waals surface area contributed by atoms with Crippen molar-refractivity contribution in [3.63, 3.8) is 0 Å². The molecule has 1 saturated heterocycles. The SMILES string of the molecule is O=C1CN(c2c(F)cccc2CNC2CC2)CCN1. The van der Waals surface area contributed by atoms with E-state index in [-0.39, 0.29) is 18.3 Å². The van der Waals surface area contributed by atoms with Gasteiger partial charge in [0.25, 0.3) is 0 Å². The number of benzene rings is 1. The van der Waals surface area contributed by atoms with Gasteiger partial charge in [-0.15, -0.1) is 0 Å². The Morgan fingerprint density at radius 2 is 2.26 bits per heavy atom. The van der Waals surface area contributed by atoms with Gasteiger partial charge in [0, 0.05) is 25.7 Å². The lowest BCUT2D eigenvalue weighted by molar-refractivity contribution is -0.120. The Bertz CT molecular complexity index is 488. The first-order valence-electron chi connectivity index (χ1n) is 6.76. The van der Waals surface area contributed by atoms with Crippen LogP contribution >= 0.6 is 0 Å². The van der Waals surface area contributed by atoms with Gasteiger partial charge in [-0.25, -0.2) is 4.39 Å². The molecule has 102 valence electrons. The van der Waals surface area contributed by atoms with Crippen LogP contribution in [0.25, 0.3) is 0 Å². The van der Waals surface area contributed by atoms with Crippen LogP contribution in [0.4, 0.5) is 10.1 Å². The second-order valence-electron chi connectivity index (χ2n) is 5.17. The van der Waals surface area contributed by atoms with Crippen LogP contribution in [-0.2, 0) is 11.3 Å². The Hall–Kier alpha value is -1.62. The Morgan fingerprint density at radius 3 is 3.00 bits per heavy atom. The van der Waals surface area contributed by atoms with E-state index in [1.54, 1.807) is 6.07 Å². The number of rotatable bonds is 4. The zero-order valence-electron chi connectivity index (χ0n) is 10.8. The molecule has 4 nitrogen and oxygen atoms in total. The summed E-state index contributed by atoms with van der Waals surface area (Å²) in [6.07, 6.45) is 2.41. The lowest BCUT2D eigenvalue weighted by Gasteiger charge is -2.30. The molecule has 1 saturated carbocycles. The van der Waals surface area contributed by atoms with Gasteiger partial charge in [0.05, 0.1) is 12.2 Å². The van der Waals surface area contributed by atoms with Crippen molar-refractivity contribution in [2.75, 3.05) is 24.5 Å². The molecule has 1 aliphatic heterocycles. The molecular weight excluding hydrogens is 245 g/mol. The number of carbonyl (C=O) groups is 1. The maximum atomic E-state index is 14.1. The van der Waals surface area contributed by atoms with Crippen LogP contribution < -0.4 is 15.5 Å². The Labute approximate surface area is 112 Å². The molecule has 3 rings (SSSR count). The third-order valence-corrected chi connectivity index (χ3v) is 3.58. The quantitative estimate of drug-likeness (QED) is 0.852. The number of nitrogens with zero attached hydrogens (tertiary/aromatic N) is 1. The van der Waals surface area contributed by atoms with Crippen molar-refractivity contribution in [3.8, 4) is 0 Å². The average Bonchev–Trinajstić information content (AvgIpc) is 3.20. The zero-order valence-corrected chi connectivity index (χ0v) is 10.8. The molecular formula is C14H18FN3O. The molecule has 1 heterocycles. The maximum absolute atomic E-state index is 14.1. The lowest BCUT2D eigenvalue weighted by Crippen LogP contribution is -2.48. The van der Waals surface area contributed by atoms with E-state index in [0.717, 1.165) is 5.56 Å². The predicted octanol–water partition coefficient (Wildman–Crippen LogP) is 1.01. The molecule has 19 heavy (non-hydrogen) atoms. The zero-order chi connectivity index (χ0) is 13.2. The van der Waals surface area contributed by atoms with Crippen molar-refractivity contribution in [2.45, 2.75) is 25.4 Å². The summed E-state index contributed by atoms with van der Waals surface area (Å²) in [7, 11) is 0. The summed E-state index contributed by atoms with van der Waals surface area (Å²) >= 11 is 0. The van der Waals surface area contributed by atoms with Crippen LogP contribution in [0.5, 0.6) is 0 Å². The normalized spacial score (nSPS) is 19.4. The number of halogens is 1. The molecule has 0 spiro atoms. The second kappa shape index (κ2) is 5.17. The van der Waals surface area contributed by atoms with Gasteiger partial charge in [0.1, 0.15) is 5.82 Å². The smallest absolute Gasteiger partial charge is 0.239 e. The highest BCUT2D eigenvalue weighted by atomic mass is 19.1. The third-order valence-electron chi connectivity index (χ3n) is 3.58. The van der Waals surface area contributed by atoms with E-state index in [0.29, 0.717) is 31.4 Å². The molecule has 0 unspecified atom stereocenters. The highest BCUT2D eigenvalue weighted by Crippen LogP contribution is 2.26. The minimum Gasteiger partial charge on any atom is -0.358 e. The first-order chi connectivity index (χ1) is 9.24. The molecule has 1 aromatic rings. The van der Waals surface area contributed by atoms with Crippen LogP contribution in [0.15, 0.2) is 18.2 Å². The maximum Gasteiger partial charge on any atom is 0.239 e. The fraction of sp³-hybridized carbons (Fsp3) is 0.500. The van der Waals surface area contributed by atoms with Gasteiger partial charge in [0.15, 0.2) is 0 Å². The minimum atomic E-state index is -0.246. The molecule has 2 fully saturated rings. The fourth-order valence-corrected chi connectivity index (χ4v) is 2.43.